The van der Waals surface area contributed by atoms with E-state index in [2.05, 4.69) is 16.5 Å². The minimum Gasteiger partial charge on any atom is -0.399 e. The molecule has 2 aromatic rings. The minimum absolute atomic E-state index is 0.764. The maximum absolute atomic E-state index is 5.78. The molecule has 4 heteroatoms. The van der Waals surface area contributed by atoms with Crippen molar-refractivity contribution in [1.29, 1.82) is 0 Å². The molecular formula is C15H23N3O. The number of fused-ring (bicyclic) bond motifs is 1. The van der Waals surface area contributed by atoms with Gasteiger partial charge in [0.05, 0.1) is 11.0 Å². The lowest BCUT2D eigenvalue weighted by Gasteiger charge is -2.07. The number of nitrogens with zero attached hydrogens (tertiary/aromatic N) is 2. The summed E-state index contributed by atoms with van der Waals surface area (Å²) < 4.78 is 7.82. The quantitative estimate of drug-likeness (QED) is 0.615. The van der Waals surface area contributed by atoms with Crippen LogP contribution in [0.2, 0.25) is 0 Å². The molecule has 0 saturated carbocycles. The molecule has 0 aliphatic rings. The molecule has 1 aromatic carbocycles. The van der Waals surface area contributed by atoms with Crippen molar-refractivity contribution in [1.82, 2.24) is 9.55 Å². The monoisotopic (exact) mass is 261 g/mol. The average molecular weight is 261 g/mol. The van der Waals surface area contributed by atoms with E-state index in [1.165, 1.54) is 6.42 Å². The molecule has 104 valence electrons. The molecule has 0 fully saturated rings. The molecule has 2 rings (SSSR count). The van der Waals surface area contributed by atoms with Crippen LogP contribution in [0.4, 0.5) is 5.69 Å². The molecule has 0 aliphatic heterocycles. The third-order valence-electron chi connectivity index (χ3n) is 3.28. The van der Waals surface area contributed by atoms with Gasteiger partial charge in [-0.25, -0.2) is 4.98 Å². The molecule has 0 atom stereocenters. The summed E-state index contributed by atoms with van der Waals surface area (Å²) in [5.41, 5.74) is 8.68. The second-order valence-electron chi connectivity index (χ2n) is 4.88. The molecule has 0 unspecified atom stereocenters. The van der Waals surface area contributed by atoms with E-state index in [0.717, 1.165) is 55.1 Å². The molecule has 1 aromatic heterocycles. The number of hydrogen-bond donors (Lipinski definition) is 1. The lowest BCUT2D eigenvalue weighted by atomic mass is 10.3. The Morgan fingerprint density at radius 2 is 2.05 bits per heavy atom. The van der Waals surface area contributed by atoms with Crippen LogP contribution in [0.15, 0.2) is 18.2 Å². The van der Waals surface area contributed by atoms with Crippen LogP contribution in [0.25, 0.3) is 11.0 Å². The van der Waals surface area contributed by atoms with Crippen molar-refractivity contribution in [2.24, 2.45) is 0 Å². The largest absolute Gasteiger partial charge is 0.399 e. The van der Waals surface area contributed by atoms with Gasteiger partial charge in [0.2, 0.25) is 0 Å². The number of benzene rings is 1. The molecule has 2 N–H and O–H groups in total. The highest BCUT2D eigenvalue weighted by molar-refractivity contribution is 5.79. The van der Waals surface area contributed by atoms with Crippen LogP contribution in [0.3, 0.4) is 0 Å². The summed E-state index contributed by atoms with van der Waals surface area (Å²) in [7, 11) is 0. The molecular weight excluding hydrogens is 238 g/mol. The van der Waals surface area contributed by atoms with E-state index in [0.29, 0.717) is 0 Å². The smallest absolute Gasteiger partial charge is 0.106 e. The first-order valence-electron chi connectivity index (χ1n) is 7.02. The summed E-state index contributed by atoms with van der Waals surface area (Å²) in [4.78, 5) is 4.54. The van der Waals surface area contributed by atoms with Gasteiger partial charge in [0, 0.05) is 25.4 Å². The highest BCUT2D eigenvalue weighted by Gasteiger charge is 2.06. The van der Waals surface area contributed by atoms with Gasteiger partial charge in [-0.3, -0.25) is 0 Å². The van der Waals surface area contributed by atoms with Crippen molar-refractivity contribution in [2.75, 3.05) is 18.9 Å². The zero-order valence-corrected chi connectivity index (χ0v) is 11.9. The first-order chi connectivity index (χ1) is 9.22. The first-order valence-corrected chi connectivity index (χ1v) is 7.02. The Morgan fingerprint density at radius 3 is 2.84 bits per heavy atom. The lowest BCUT2D eigenvalue weighted by Crippen LogP contribution is -2.05. The Morgan fingerprint density at radius 1 is 1.26 bits per heavy atom. The Bertz CT molecular complexity index is 533. The highest BCUT2D eigenvalue weighted by Crippen LogP contribution is 2.19. The summed E-state index contributed by atoms with van der Waals surface area (Å²) >= 11 is 0. The lowest BCUT2D eigenvalue weighted by molar-refractivity contribution is 0.126. The number of anilines is 1. The number of imidazole rings is 1. The molecule has 4 nitrogen and oxygen atoms in total. The number of rotatable bonds is 7. The Labute approximate surface area is 114 Å². The van der Waals surface area contributed by atoms with Crippen molar-refractivity contribution in [2.45, 2.75) is 39.7 Å². The van der Waals surface area contributed by atoms with Gasteiger partial charge in [-0.15, -0.1) is 0 Å². The summed E-state index contributed by atoms with van der Waals surface area (Å²) in [5, 5.41) is 0. The van der Waals surface area contributed by atoms with Gasteiger partial charge in [0.1, 0.15) is 5.82 Å². The molecule has 0 amide bonds. The Hall–Kier alpha value is -1.55. The second kappa shape index (κ2) is 6.57. The van der Waals surface area contributed by atoms with Gasteiger partial charge in [0.25, 0.3) is 0 Å². The van der Waals surface area contributed by atoms with Gasteiger partial charge in [-0.1, -0.05) is 13.3 Å². The maximum Gasteiger partial charge on any atom is 0.106 e. The molecule has 1 heterocycles. The SMILES string of the molecule is CCCCOCCCn1c(C)nc2cc(N)ccc21. The van der Waals surface area contributed by atoms with E-state index in [1.807, 2.05) is 25.1 Å². The highest BCUT2D eigenvalue weighted by atomic mass is 16.5. The topological polar surface area (TPSA) is 53.1 Å². The molecule has 0 saturated heterocycles. The fraction of sp³-hybridized carbons (Fsp3) is 0.533. The van der Waals surface area contributed by atoms with Gasteiger partial charge in [-0.2, -0.15) is 0 Å². The standard InChI is InChI=1S/C15H23N3O/c1-3-4-9-19-10-5-8-18-12(2)17-14-11-13(16)6-7-15(14)18/h6-7,11H,3-5,8-10,16H2,1-2H3. The van der Waals surface area contributed by atoms with Crippen LogP contribution in [-0.4, -0.2) is 22.8 Å². The van der Waals surface area contributed by atoms with Crippen LogP contribution in [0.5, 0.6) is 0 Å². The first kappa shape index (κ1) is 13.9. The van der Waals surface area contributed by atoms with Gasteiger partial charge < -0.3 is 15.0 Å². The Balaban J connectivity index is 1.95. The zero-order chi connectivity index (χ0) is 13.7. The number of nitrogens with two attached hydrogens (primary N) is 1. The average Bonchev–Trinajstić information content (AvgIpc) is 2.69. The third kappa shape index (κ3) is 3.47. The van der Waals surface area contributed by atoms with Crippen molar-refractivity contribution in [3.05, 3.63) is 24.0 Å². The van der Waals surface area contributed by atoms with Crippen molar-refractivity contribution in [3.8, 4) is 0 Å². The molecule has 0 spiro atoms. The van der Waals surface area contributed by atoms with Gasteiger partial charge >= 0.3 is 0 Å². The van der Waals surface area contributed by atoms with Crippen molar-refractivity contribution >= 4 is 16.7 Å². The predicted molar refractivity (Wildman–Crippen MR) is 79.2 cm³/mol. The third-order valence-corrected chi connectivity index (χ3v) is 3.28. The van der Waals surface area contributed by atoms with Crippen LogP contribution < -0.4 is 5.73 Å². The normalized spacial score (nSPS) is 11.3. The predicted octanol–water partition coefficient (Wildman–Crippen LogP) is 3.13. The fourth-order valence-electron chi connectivity index (χ4n) is 2.22. The van der Waals surface area contributed by atoms with Gasteiger partial charge in [-0.05, 0) is 38.0 Å². The summed E-state index contributed by atoms with van der Waals surface area (Å²) in [5.74, 6) is 1.04. The Kier molecular flexibility index (Phi) is 4.80. The van der Waals surface area contributed by atoms with E-state index in [-0.39, 0.29) is 0 Å². The summed E-state index contributed by atoms with van der Waals surface area (Å²) in [6.07, 6.45) is 3.35. The number of ether oxygens (including phenoxy) is 1. The zero-order valence-electron chi connectivity index (χ0n) is 11.9. The van der Waals surface area contributed by atoms with Gasteiger partial charge in [0.15, 0.2) is 0 Å². The van der Waals surface area contributed by atoms with Crippen LogP contribution >= 0.6 is 0 Å². The summed E-state index contributed by atoms with van der Waals surface area (Å²) in [6.45, 7) is 6.84. The fourth-order valence-corrected chi connectivity index (χ4v) is 2.22. The van der Waals surface area contributed by atoms with Crippen molar-refractivity contribution < 1.29 is 4.74 Å². The van der Waals surface area contributed by atoms with E-state index >= 15 is 0 Å². The number of aromatic nitrogens is 2. The number of aryl methyl sites for hydroxylation is 2. The molecule has 0 bridgehead atoms. The summed E-state index contributed by atoms with van der Waals surface area (Å²) in [6, 6.07) is 5.90. The maximum atomic E-state index is 5.78. The van der Waals surface area contributed by atoms with E-state index in [9.17, 15) is 0 Å². The number of unbranched alkanes of at least 4 members (excludes halogenated alkanes) is 1. The second-order valence-corrected chi connectivity index (χ2v) is 4.88. The number of hydrogen-bond acceptors (Lipinski definition) is 3. The molecule has 0 aliphatic carbocycles. The van der Waals surface area contributed by atoms with Crippen LogP contribution in [0.1, 0.15) is 32.0 Å². The van der Waals surface area contributed by atoms with Crippen molar-refractivity contribution in [3.63, 3.8) is 0 Å². The minimum atomic E-state index is 0.764. The van der Waals surface area contributed by atoms with E-state index < -0.39 is 0 Å². The van der Waals surface area contributed by atoms with Crippen LogP contribution in [-0.2, 0) is 11.3 Å². The van der Waals surface area contributed by atoms with E-state index in [4.69, 9.17) is 10.5 Å². The number of nitrogen functional groups attached to an aromatic ring is 1. The molecule has 0 radical (unpaired) electrons. The van der Waals surface area contributed by atoms with E-state index in [1.54, 1.807) is 0 Å². The van der Waals surface area contributed by atoms with Crippen LogP contribution in [0, 0.1) is 6.92 Å². The molecule has 19 heavy (non-hydrogen) atoms.